The van der Waals surface area contributed by atoms with E-state index in [2.05, 4.69) is 4.89 Å². The zero-order valence-corrected chi connectivity index (χ0v) is 8.73. The Bertz CT molecular complexity index is 335. The molecule has 0 atom stereocenters. The number of nitrogen functional groups attached to an aromatic ring is 1. The van der Waals surface area contributed by atoms with Crippen molar-refractivity contribution in [2.24, 2.45) is 0 Å². The minimum atomic E-state index is -0.455. The minimum absolute atomic E-state index is 0.173. The third-order valence-electron chi connectivity index (χ3n) is 1.81. The highest BCUT2D eigenvalue weighted by molar-refractivity contribution is 5.87. The van der Waals surface area contributed by atoms with Gasteiger partial charge in [-0.3, -0.25) is 4.68 Å². The molecule has 0 aliphatic rings. The van der Waals surface area contributed by atoms with Gasteiger partial charge in [-0.05, 0) is 19.1 Å². The van der Waals surface area contributed by atoms with Crippen molar-refractivity contribution >= 4 is 5.97 Å². The summed E-state index contributed by atoms with van der Waals surface area (Å²) in [6.07, 6.45) is 0. The van der Waals surface area contributed by atoms with Crippen LogP contribution in [0.4, 0.5) is 0 Å². The van der Waals surface area contributed by atoms with Crippen LogP contribution in [0.5, 0.6) is 0 Å². The Labute approximate surface area is 87.4 Å². The first-order chi connectivity index (χ1) is 7.20. The molecule has 0 spiro atoms. The molecule has 2 N–H and O–H groups in total. The molecule has 0 saturated heterocycles. The molecular weight excluding hydrogens is 200 g/mol. The summed E-state index contributed by atoms with van der Waals surface area (Å²) in [5, 5.41) is 0. The van der Waals surface area contributed by atoms with Crippen LogP contribution < -0.4 is 5.84 Å². The molecule has 0 unspecified atom stereocenters. The quantitative estimate of drug-likeness (QED) is 0.333. The standard InChI is InChI=1S/C9H14N2O4/c1-3-14-9(12)8-5-4-7(11(8)10)6-15-13-2/h4-5H,3,6,10H2,1-2H3. The van der Waals surface area contributed by atoms with Crippen molar-refractivity contribution in [1.82, 2.24) is 4.68 Å². The second-order valence-corrected chi connectivity index (χ2v) is 2.73. The van der Waals surface area contributed by atoms with E-state index in [1.165, 1.54) is 11.8 Å². The normalized spacial score (nSPS) is 10.3. The smallest absolute Gasteiger partial charge is 0.356 e. The van der Waals surface area contributed by atoms with Gasteiger partial charge in [0, 0.05) is 0 Å². The molecule has 0 aliphatic carbocycles. The van der Waals surface area contributed by atoms with Gasteiger partial charge >= 0.3 is 5.97 Å². The lowest BCUT2D eigenvalue weighted by molar-refractivity contribution is -0.283. The van der Waals surface area contributed by atoms with Crippen LogP contribution in [-0.2, 0) is 21.1 Å². The summed E-state index contributed by atoms with van der Waals surface area (Å²) >= 11 is 0. The molecule has 84 valence electrons. The molecule has 6 nitrogen and oxygen atoms in total. The molecule has 6 heteroatoms. The fourth-order valence-corrected chi connectivity index (χ4v) is 1.10. The van der Waals surface area contributed by atoms with Gasteiger partial charge in [0.2, 0.25) is 0 Å². The van der Waals surface area contributed by atoms with E-state index in [1.54, 1.807) is 19.1 Å². The number of carbonyl (C=O) groups is 1. The van der Waals surface area contributed by atoms with E-state index < -0.39 is 5.97 Å². The maximum Gasteiger partial charge on any atom is 0.356 e. The van der Waals surface area contributed by atoms with Crippen LogP contribution in [0.2, 0.25) is 0 Å². The molecule has 0 amide bonds. The topological polar surface area (TPSA) is 75.7 Å². The van der Waals surface area contributed by atoms with Crippen molar-refractivity contribution in [3.63, 3.8) is 0 Å². The lowest BCUT2D eigenvalue weighted by atomic mass is 10.4. The predicted octanol–water partition coefficient (Wildman–Crippen LogP) is 0.457. The maximum atomic E-state index is 11.4. The van der Waals surface area contributed by atoms with Crippen LogP contribution in [0.1, 0.15) is 23.1 Å². The van der Waals surface area contributed by atoms with Gasteiger partial charge in [0.1, 0.15) is 12.3 Å². The highest BCUT2D eigenvalue weighted by atomic mass is 17.2. The summed E-state index contributed by atoms with van der Waals surface area (Å²) in [7, 11) is 1.40. The second kappa shape index (κ2) is 5.38. The molecule has 15 heavy (non-hydrogen) atoms. The number of nitrogens with zero attached hydrogens (tertiary/aromatic N) is 1. The molecule has 0 bridgehead atoms. The first-order valence-electron chi connectivity index (χ1n) is 4.49. The van der Waals surface area contributed by atoms with Gasteiger partial charge in [-0.2, -0.15) is 0 Å². The Morgan fingerprint density at radius 3 is 2.87 bits per heavy atom. The van der Waals surface area contributed by atoms with Crippen LogP contribution in [0.25, 0.3) is 0 Å². The van der Waals surface area contributed by atoms with Gasteiger partial charge < -0.3 is 10.6 Å². The Kier molecular flexibility index (Phi) is 4.14. The number of aromatic nitrogens is 1. The summed E-state index contributed by atoms with van der Waals surface area (Å²) in [6.45, 7) is 2.22. The highest BCUT2D eigenvalue weighted by Gasteiger charge is 2.14. The van der Waals surface area contributed by atoms with Crippen LogP contribution in [0.15, 0.2) is 12.1 Å². The summed E-state index contributed by atoms with van der Waals surface area (Å²) in [5.41, 5.74) is 0.909. The average molecular weight is 214 g/mol. The summed E-state index contributed by atoms with van der Waals surface area (Å²) in [6, 6.07) is 3.25. The number of ether oxygens (including phenoxy) is 1. The Balaban J connectivity index is 2.74. The van der Waals surface area contributed by atoms with Crippen LogP contribution in [0, 0.1) is 0 Å². The van der Waals surface area contributed by atoms with E-state index in [1.807, 2.05) is 0 Å². The fraction of sp³-hybridized carbons (Fsp3) is 0.444. The van der Waals surface area contributed by atoms with Crippen molar-refractivity contribution in [1.29, 1.82) is 0 Å². The van der Waals surface area contributed by atoms with Crippen LogP contribution >= 0.6 is 0 Å². The number of hydrogen-bond donors (Lipinski definition) is 1. The predicted molar refractivity (Wildman–Crippen MR) is 52.3 cm³/mol. The molecule has 1 heterocycles. The van der Waals surface area contributed by atoms with Gasteiger partial charge in [0.05, 0.1) is 19.4 Å². The monoisotopic (exact) mass is 214 g/mol. The number of carbonyl (C=O) groups excluding carboxylic acids is 1. The van der Waals surface area contributed by atoms with Crippen LogP contribution in [0.3, 0.4) is 0 Å². The van der Waals surface area contributed by atoms with Crippen molar-refractivity contribution in [3.05, 3.63) is 23.5 Å². The average Bonchev–Trinajstić information content (AvgIpc) is 2.57. The van der Waals surface area contributed by atoms with Crippen molar-refractivity contribution in [2.75, 3.05) is 19.6 Å². The van der Waals surface area contributed by atoms with E-state index in [4.69, 9.17) is 15.5 Å². The molecule has 1 aromatic rings. The van der Waals surface area contributed by atoms with Gasteiger partial charge in [-0.1, -0.05) is 0 Å². The van der Waals surface area contributed by atoms with E-state index >= 15 is 0 Å². The Hall–Kier alpha value is -1.53. The highest BCUT2D eigenvalue weighted by Crippen LogP contribution is 2.08. The van der Waals surface area contributed by atoms with Gasteiger partial charge in [-0.25, -0.2) is 14.6 Å². The van der Waals surface area contributed by atoms with Crippen molar-refractivity contribution in [2.45, 2.75) is 13.5 Å². The number of nitrogens with two attached hydrogens (primary N) is 1. The molecular formula is C9H14N2O4. The van der Waals surface area contributed by atoms with E-state index in [0.717, 1.165) is 0 Å². The Morgan fingerprint density at radius 1 is 1.53 bits per heavy atom. The van der Waals surface area contributed by atoms with Gasteiger partial charge in [-0.15, -0.1) is 0 Å². The minimum Gasteiger partial charge on any atom is -0.461 e. The van der Waals surface area contributed by atoms with Crippen molar-refractivity contribution < 1.29 is 19.3 Å². The number of hydrogen-bond acceptors (Lipinski definition) is 5. The molecule has 1 aromatic heterocycles. The van der Waals surface area contributed by atoms with Crippen LogP contribution in [-0.4, -0.2) is 24.4 Å². The molecule has 0 aliphatic heterocycles. The summed E-state index contributed by atoms with van der Waals surface area (Å²) in [4.78, 5) is 20.5. The first kappa shape index (κ1) is 11.5. The van der Waals surface area contributed by atoms with E-state index in [-0.39, 0.29) is 12.3 Å². The maximum absolute atomic E-state index is 11.4. The fourth-order valence-electron chi connectivity index (χ4n) is 1.10. The lowest BCUT2D eigenvalue weighted by Gasteiger charge is -2.06. The van der Waals surface area contributed by atoms with Crippen molar-refractivity contribution in [3.8, 4) is 0 Å². The largest absolute Gasteiger partial charge is 0.461 e. The molecule has 0 saturated carbocycles. The lowest BCUT2D eigenvalue weighted by Crippen LogP contribution is -2.20. The Morgan fingerprint density at radius 2 is 2.27 bits per heavy atom. The van der Waals surface area contributed by atoms with E-state index in [9.17, 15) is 4.79 Å². The third-order valence-corrected chi connectivity index (χ3v) is 1.81. The molecule has 0 aromatic carbocycles. The zero-order valence-electron chi connectivity index (χ0n) is 8.73. The SMILES string of the molecule is CCOC(=O)c1ccc(COOC)n1N. The second-order valence-electron chi connectivity index (χ2n) is 2.73. The number of rotatable bonds is 5. The van der Waals surface area contributed by atoms with Gasteiger partial charge in [0.25, 0.3) is 0 Å². The summed E-state index contributed by atoms with van der Waals surface area (Å²) < 4.78 is 6.03. The first-order valence-corrected chi connectivity index (χ1v) is 4.49. The zero-order chi connectivity index (χ0) is 11.3. The van der Waals surface area contributed by atoms with Gasteiger partial charge in [0.15, 0.2) is 0 Å². The van der Waals surface area contributed by atoms with E-state index in [0.29, 0.717) is 12.3 Å². The summed E-state index contributed by atoms with van der Waals surface area (Å²) in [5.74, 6) is 5.20. The third kappa shape index (κ3) is 2.71. The molecule has 1 rings (SSSR count). The molecule has 0 fully saturated rings. The number of esters is 1. The molecule has 0 radical (unpaired) electrons.